The number of amides is 2. The van der Waals surface area contributed by atoms with Gasteiger partial charge in [-0.1, -0.05) is 0 Å². The van der Waals surface area contributed by atoms with Crippen molar-refractivity contribution in [3.63, 3.8) is 0 Å². The molecule has 5 heteroatoms. The van der Waals surface area contributed by atoms with E-state index in [4.69, 9.17) is 0 Å². The van der Waals surface area contributed by atoms with Crippen molar-refractivity contribution in [1.29, 1.82) is 0 Å². The molecule has 0 bridgehead atoms. The molecule has 13 heavy (non-hydrogen) atoms. The Balaban J connectivity index is 4.02. The van der Waals surface area contributed by atoms with Crippen LogP contribution in [-0.4, -0.2) is 30.2 Å². The van der Waals surface area contributed by atoms with Gasteiger partial charge in [-0.05, 0) is 6.92 Å². The fourth-order valence-electron chi connectivity index (χ4n) is 0.788. The molecule has 0 saturated carbocycles. The zero-order valence-electron chi connectivity index (χ0n) is 8.01. The minimum Gasteiger partial charge on any atom is -0.354 e. The number of carbonyl (C=O) groups excluding carboxylic acids is 3. The molecule has 1 atom stereocenters. The second-order valence-electron chi connectivity index (χ2n) is 2.80. The largest absolute Gasteiger partial charge is 0.354 e. The Labute approximate surface area is 76.9 Å². The maximum Gasteiger partial charge on any atom is 0.217 e. The summed E-state index contributed by atoms with van der Waals surface area (Å²) in [5.41, 5.74) is 0. The second kappa shape index (κ2) is 5.29. The van der Waals surface area contributed by atoms with E-state index in [-0.39, 0.29) is 24.1 Å². The smallest absolute Gasteiger partial charge is 0.217 e. The van der Waals surface area contributed by atoms with Gasteiger partial charge in [0.25, 0.3) is 0 Å². The van der Waals surface area contributed by atoms with E-state index in [0.717, 1.165) is 0 Å². The maximum absolute atomic E-state index is 10.9. The summed E-state index contributed by atoms with van der Waals surface area (Å²) < 4.78 is 0. The van der Waals surface area contributed by atoms with E-state index in [1.807, 2.05) is 0 Å². The molecule has 0 heterocycles. The normalized spacial score (nSPS) is 11.6. The molecule has 0 aliphatic carbocycles. The SMILES string of the molecule is CC(=O)NCC(NC(C)=O)C(C)=O. The predicted octanol–water partition coefficient (Wildman–Crippen LogP) is -0.784. The summed E-state index contributed by atoms with van der Waals surface area (Å²) in [6.45, 7) is 4.18. The molecule has 0 fully saturated rings. The second-order valence-corrected chi connectivity index (χ2v) is 2.80. The molecule has 1 unspecified atom stereocenters. The minimum atomic E-state index is -0.624. The Morgan fingerprint density at radius 2 is 1.62 bits per heavy atom. The van der Waals surface area contributed by atoms with Gasteiger partial charge < -0.3 is 10.6 Å². The Bertz CT molecular complexity index is 225. The molecule has 0 saturated heterocycles. The molecule has 74 valence electrons. The summed E-state index contributed by atoms with van der Waals surface area (Å²) in [5.74, 6) is -0.689. The summed E-state index contributed by atoms with van der Waals surface area (Å²) >= 11 is 0. The number of nitrogens with one attached hydrogen (secondary N) is 2. The van der Waals surface area contributed by atoms with Crippen molar-refractivity contribution in [3.05, 3.63) is 0 Å². The van der Waals surface area contributed by atoms with Gasteiger partial charge in [-0.25, -0.2) is 0 Å². The molecule has 0 spiro atoms. The average molecular weight is 186 g/mol. The number of ketones is 1. The van der Waals surface area contributed by atoms with Crippen LogP contribution >= 0.6 is 0 Å². The molecule has 2 N–H and O–H groups in total. The lowest BCUT2D eigenvalue weighted by atomic mass is 10.2. The number of carbonyl (C=O) groups is 3. The first-order chi connectivity index (χ1) is 5.93. The van der Waals surface area contributed by atoms with Crippen molar-refractivity contribution in [1.82, 2.24) is 10.6 Å². The average Bonchev–Trinajstić information content (AvgIpc) is 1.96. The first kappa shape index (κ1) is 11.6. The lowest BCUT2D eigenvalue weighted by molar-refractivity contribution is -0.126. The molecule has 0 aromatic rings. The third kappa shape index (κ3) is 5.84. The van der Waals surface area contributed by atoms with Gasteiger partial charge >= 0.3 is 0 Å². The van der Waals surface area contributed by atoms with Crippen LogP contribution in [0.15, 0.2) is 0 Å². The molecule has 0 rings (SSSR count). The van der Waals surface area contributed by atoms with Crippen molar-refractivity contribution in [2.24, 2.45) is 0 Å². The fraction of sp³-hybridized carbons (Fsp3) is 0.625. The molecular formula is C8H14N2O3. The predicted molar refractivity (Wildman–Crippen MR) is 47.0 cm³/mol. The van der Waals surface area contributed by atoms with Crippen LogP contribution in [0.4, 0.5) is 0 Å². The van der Waals surface area contributed by atoms with Crippen LogP contribution in [0.1, 0.15) is 20.8 Å². The van der Waals surface area contributed by atoms with E-state index in [1.54, 1.807) is 0 Å². The summed E-state index contributed by atoms with van der Waals surface area (Å²) in [5, 5.41) is 4.89. The summed E-state index contributed by atoms with van der Waals surface area (Å²) in [4.78, 5) is 32.1. The molecule has 2 amide bonds. The van der Waals surface area contributed by atoms with Gasteiger partial charge in [-0.15, -0.1) is 0 Å². The van der Waals surface area contributed by atoms with Crippen LogP contribution in [0.3, 0.4) is 0 Å². The van der Waals surface area contributed by atoms with Gasteiger partial charge in [0.05, 0.1) is 0 Å². The fourth-order valence-corrected chi connectivity index (χ4v) is 0.788. The number of rotatable bonds is 4. The van der Waals surface area contributed by atoms with E-state index in [9.17, 15) is 14.4 Å². The number of Topliss-reactive ketones (excluding diaryl/α,β-unsaturated/α-hetero) is 1. The van der Waals surface area contributed by atoms with Crippen LogP contribution in [0.2, 0.25) is 0 Å². The van der Waals surface area contributed by atoms with Crippen molar-refractivity contribution in [2.45, 2.75) is 26.8 Å². The highest BCUT2D eigenvalue weighted by atomic mass is 16.2. The van der Waals surface area contributed by atoms with E-state index >= 15 is 0 Å². The highest BCUT2D eigenvalue weighted by molar-refractivity contribution is 5.87. The lowest BCUT2D eigenvalue weighted by Gasteiger charge is -2.14. The Hall–Kier alpha value is -1.39. The van der Waals surface area contributed by atoms with Gasteiger partial charge in [0.2, 0.25) is 11.8 Å². The van der Waals surface area contributed by atoms with E-state index < -0.39 is 6.04 Å². The van der Waals surface area contributed by atoms with Gasteiger partial charge in [0.15, 0.2) is 5.78 Å². The van der Waals surface area contributed by atoms with Crippen molar-refractivity contribution in [3.8, 4) is 0 Å². The third-order valence-electron chi connectivity index (χ3n) is 1.42. The topological polar surface area (TPSA) is 75.3 Å². The number of hydrogen-bond acceptors (Lipinski definition) is 3. The zero-order chi connectivity index (χ0) is 10.4. The van der Waals surface area contributed by atoms with Crippen LogP contribution in [0.25, 0.3) is 0 Å². The van der Waals surface area contributed by atoms with Crippen LogP contribution < -0.4 is 10.6 Å². The quantitative estimate of drug-likeness (QED) is 0.604. The summed E-state index contributed by atoms with van der Waals surface area (Å²) in [6, 6.07) is -0.624. The zero-order valence-corrected chi connectivity index (χ0v) is 8.01. The Kier molecular flexibility index (Phi) is 4.72. The standard InChI is InChI=1S/C8H14N2O3/c1-5(11)8(10-7(3)13)4-9-6(2)12/h8H,4H2,1-3H3,(H,9,12)(H,10,13). The number of hydrogen-bond donors (Lipinski definition) is 2. The molecule has 0 aromatic carbocycles. The van der Waals surface area contributed by atoms with Crippen LogP contribution in [0.5, 0.6) is 0 Å². The van der Waals surface area contributed by atoms with Gasteiger partial charge in [-0.3, -0.25) is 14.4 Å². The van der Waals surface area contributed by atoms with Crippen LogP contribution in [-0.2, 0) is 14.4 Å². The summed E-state index contributed by atoms with van der Waals surface area (Å²) in [7, 11) is 0. The highest BCUT2D eigenvalue weighted by Gasteiger charge is 2.14. The van der Waals surface area contributed by atoms with Crippen molar-refractivity contribution < 1.29 is 14.4 Å². The van der Waals surface area contributed by atoms with E-state index in [0.29, 0.717) is 0 Å². The lowest BCUT2D eigenvalue weighted by Crippen LogP contribution is -2.46. The molecule has 0 aliphatic heterocycles. The van der Waals surface area contributed by atoms with Gasteiger partial charge in [0.1, 0.15) is 6.04 Å². The first-order valence-corrected chi connectivity index (χ1v) is 3.95. The first-order valence-electron chi connectivity index (χ1n) is 3.95. The van der Waals surface area contributed by atoms with Crippen molar-refractivity contribution in [2.75, 3.05) is 6.54 Å². The maximum atomic E-state index is 10.9. The summed E-state index contributed by atoms with van der Waals surface area (Å²) in [6.07, 6.45) is 0. The highest BCUT2D eigenvalue weighted by Crippen LogP contribution is 1.84. The van der Waals surface area contributed by atoms with Gasteiger partial charge in [-0.2, -0.15) is 0 Å². The molecule has 5 nitrogen and oxygen atoms in total. The van der Waals surface area contributed by atoms with Gasteiger partial charge in [0, 0.05) is 20.4 Å². The van der Waals surface area contributed by atoms with Crippen molar-refractivity contribution >= 4 is 17.6 Å². The Morgan fingerprint density at radius 3 is 1.92 bits per heavy atom. The monoisotopic (exact) mass is 186 g/mol. The molecule has 0 aliphatic rings. The Morgan fingerprint density at radius 1 is 1.08 bits per heavy atom. The third-order valence-corrected chi connectivity index (χ3v) is 1.42. The minimum absolute atomic E-state index is 0.143. The van der Waals surface area contributed by atoms with E-state index in [1.165, 1.54) is 20.8 Å². The molecule has 0 radical (unpaired) electrons. The van der Waals surface area contributed by atoms with E-state index in [2.05, 4.69) is 10.6 Å². The molecular weight excluding hydrogens is 172 g/mol. The van der Waals surface area contributed by atoms with Crippen LogP contribution in [0, 0.1) is 0 Å². The molecule has 0 aromatic heterocycles.